The number of aromatic amines is 1. The average Bonchev–Trinajstić information content (AvgIpc) is 2.76. The van der Waals surface area contributed by atoms with Crippen LogP contribution in [-0.4, -0.2) is 38.9 Å². The number of nitrogens with zero attached hydrogens (tertiary/aromatic N) is 1. The van der Waals surface area contributed by atoms with Gasteiger partial charge in [-0.2, -0.15) is 0 Å². The molecule has 0 aliphatic carbocycles. The molecule has 0 amide bonds. The van der Waals surface area contributed by atoms with Crippen LogP contribution in [0.1, 0.15) is 26.5 Å². The van der Waals surface area contributed by atoms with E-state index in [-0.39, 0.29) is 5.57 Å². The molecule has 0 aromatic carbocycles. The second kappa shape index (κ2) is 6.29. The lowest BCUT2D eigenvalue weighted by atomic mass is 10.1. The van der Waals surface area contributed by atoms with Crippen LogP contribution >= 0.6 is 0 Å². The molecule has 0 radical (unpaired) electrons. The molecule has 1 aromatic rings. The lowest BCUT2D eigenvalue weighted by Gasteiger charge is -2.20. The van der Waals surface area contributed by atoms with Gasteiger partial charge in [0, 0.05) is 17.8 Å². The van der Waals surface area contributed by atoms with E-state index in [1.165, 1.54) is 13.1 Å². The molecule has 22 heavy (non-hydrogen) atoms. The van der Waals surface area contributed by atoms with Crippen LogP contribution in [0.25, 0.3) is 0 Å². The Kier molecular flexibility index (Phi) is 4.62. The number of rotatable bonds is 4. The Morgan fingerprint density at radius 2 is 2.23 bits per heavy atom. The first kappa shape index (κ1) is 16.2. The maximum absolute atomic E-state index is 11.8. The van der Waals surface area contributed by atoms with Gasteiger partial charge in [0.1, 0.15) is 6.10 Å². The molecule has 1 fully saturated rings. The number of H-pyrrole nitrogens is 1. The lowest BCUT2D eigenvalue weighted by molar-refractivity contribution is -0.150. The monoisotopic (exact) mass is 310 g/mol. The number of hydrogen-bond donors (Lipinski definition) is 2. The number of aromatic nitrogens is 2. The predicted molar refractivity (Wildman–Crippen MR) is 76.2 cm³/mol. The van der Waals surface area contributed by atoms with Gasteiger partial charge in [-0.3, -0.25) is 14.3 Å². The summed E-state index contributed by atoms with van der Waals surface area (Å²) in [7, 11) is 0. The third kappa shape index (κ3) is 3.02. The first-order valence-corrected chi connectivity index (χ1v) is 6.86. The largest absolute Gasteiger partial charge is 0.453 e. The Labute approximate surface area is 126 Å². The van der Waals surface area contributed by atoms with Gasteiger partial charge in [-0.25, -0.2) is 9.59 Å². The van der Waals surface area contributed by atoms with Crippen molar-refractivity contribution < 1.29 is 19.4 Å². The molecule has 0 bridgehead atoms. The molecular formula is C14H18N2O6. The van der Waals surface area contributed by atoms with E-state index in [9.17, 15) is 19.5 Å². The van der Waals surface area contributed by atoms with Gasteiger partial charge in [0.15, 0.2) is 12.3 Å². The van der Waals surface area contributed by atoms with Crippen LogP contribution in [0.3, 0.4) is 0 Å². The summed E-state index contributed by atoms with van der Waals surface area (Å²) in [5.74, 6) is -0.638. The Bertz CT molecular complexity index is 691. The molecule has 1 saturated heterocycles. The molecule has 0 spiro atoms. The zero-order valence-electron chi connectivity index (χ0n) is 12.3. The van der Waals surface area contributed by atoms with Crippen molar-refractivity contribution in [3.63, 3.8) is 0 Å². The van der Waals surface area contributed by atoms with E-state index in [0.29, 0.717) is 6.42 Å². The van der Waals surface area contributed by atoms with Crippen molar-refractivity contribution in [3.8, 4) is 0 Å². The van der Waals surface area contributed by atoms with E-state index in [0.717, 1.165) is 10.6 Å². The van der Waals surface area contributed by atoms with E-state index in [4.69, 9.17) is 9.47 Å². The van der Waals surface area contributed by atoms with Crippen molar-refractivity contribution in [3.05, 3.63) is 45.3 Å². The van der Waals surface area contributed by atoms with E-state index in [2.05, 4.69) is 11.6 Å². The molecule has 8 nitrogen and oxygen atoms in total. The summed E-state index contributed by atoms with van der Waals surface area (Å²) < 4.78 is 11.9. The number of carbonyl (C=O) groups is 1. The molecular weight excluding hydrogens is 292 g/mol. The molecule has 1 aliphatic rings. The fourth-order valence-electron chi connectivity index (χ4n) is 2.28. The molecule has 1 aromatic heterocycles. The van der Waals surface area contributed by atoms with Crippen molar-refractivity contribution in [1.82, 2.24) is 9.55 Å². The van der Waals surface area contributed by atoms with Crippen LogP contribution in [-0.2, 0) is 14.3 Å². The number of ether oxygens (including phenoxy) is 2. The van der Waals surface area contributed by atoms with Gasteiger partial charge in [-0.15, -0.1) is 0 Å². The summed E-state index contributed by atoms with van der Waals surface area (Å²) in [6.45, 7) is 6.78. The number of hydrogen-bond acceptors (Lipinski definition) is 6. The first-order valence-electron chi connectivity index (χ1n) is 6.86. The molecule has 2 rings (SSSR count). The third-order valence-corrected chi connectivity index (χ3v) is 3.43. The number of aliphatic hydroxyl groups is 1. The molecule has 8 heteroatoms. The SMILES string of the molecule is C=C(C)C(=O)OC1[C@@H](CC)O[C@@H](n2ccc(=O)[nH]c2=O)[C@H]1O. The number of carbonyl (C=O) groups excluding carboxylic acids is 1. The standard InChI is InChI=1S/C14H18N2O6/c1-4-8-11(22-13(19)7(2)3)10(18)12(21-8)16-6-5-9(17)15-14(16)20/h5-6,8,10-12,18H,2,4H2,1,3H3,(H,15,17,20)/t8-,10+,11?,12-/m1/s1. The van der Waals surface area contributed by atoms with Crippen molar-refractivity contribution in [1.29, 1.82) is 0 Å². The summed E-state index contributed by atoms with van der Waals surface area (Å²) in [6.07, 6.45) is -2.07. The van der Waals surface area contributed by atoms with Crippen molar-refractivity contribution >= 4 is 5.97 Å². The molecule has 4 atom stereocenters. The van der Waals surface area contributed by atoms with E-state index < -0.39 is 41.8 Å². The van der Waals surface area contributed by atoms with E-state index in [1.807, 2.05) is 0 Å². The Morgan fingerprint density at radius 1 is 1.55 bits per heavy atom. The number of aliphatic hydroxyl groups excluding tert-OH is 1. The second-order valence-electron chi connectivity index (χ2n) is 5.13. The number of esters is 1. The fourth-order valence-corrected chi connectivity index (χ4v) is 2.28. The van der Waals surface area contributed by atoms with Crippen molar-refractivity contribution in [2.24, 2.45) is 0 Å². The van der Waals surface area contributed by atoms with Crippen molar-refractivity contribution in [2.45, 2.75) is 44.8 Å². The fraction of sp³-hybridized carbons (Fsp3) is 0.500. The van der Waals surface area contributed by atoms with Crippen LogP contribution in [0.15, 0.2) is 34.0 Å². The van der Waals surface area contributed by atoms with Gasteiger partial charge < -0.3 is 14.6 Å². The van der Waals surface area contributed by atoms with Crippen LogP contribution in [0, 0.1) is 0 Å². The summed E-state index contributed by atoms with van der Waals surface area (Å²) in [6, 6.07) is 1.14. The van der Waals surface area contributed by atoms with Crippen LogP contribution in [0.2, 0.25) is 0 Å². The second-order valence-corrected chi connectivity index (χ2v) is 5.13. The normalized spacial score (nSPS) is 27.6. The molecule has 2 heterocycles. The minimum atomic E-state index is -1.24. The van der Waals surface area contributed by atoms with E-state index in [1.54, 1.807) is 6.92 Å². The van der Waals surface area contributed by atoms with Crippen LogP contribution in [0.4, 0.5) is 0 Å². The molecule has 0 saturated carbocycles. The maximum atomic E-state index is 11.8. The zero-order chi connectivity index (χ0) is 16.4. The molecule has 1 aliphatic heterocycles. The summed E-state index contributed by atoms with van der Waals surface area (Å²) in [5, 5.41) is 10.3. The Morgan fingerprint density at radius 3 is 2.77 bits per heavy atom. The average molecular weight is 310 g/mol. The summed E-state index contributed by atoms with van der Waals surface area (Å²) >= 11 is 0. The smallest absolute Gasteiger partial charge is 0.333 e. The third-order valence-electron chi connectivity index (χ3n) is 3.43. The molecule has 1 unspecified atom stereocenters. The van der Waals surface area contributed by atoms with Crippen molar-refractivity contribution in [2.75, 3.05) is 0 Å². The van der Waals surface area contributed by atoms with Gasteiger partial charge in [0.05, 0.1) is 6.10 Å². The molecule has 2 N–H and O–H groups in total. The minimum Gasteiger partial charge on any atom is -0.453 e. The Balaban J connectivity index is 2.29. The summed E-state index contributed by atoms with van der Waals surface area (Å²) in [5.41, 5.74) is -1.06. The van der Waals surface area contributed by atoms with Gasteiger partial charge in [-0.1, -0.05) is 13.5 Å². The van der Waals surface area contributed by atoms with Crippen LogP contribution in [0.5, 0.6) is 0 Å². The topological polar surface area (TPSA) is 111 Å². The van der Waals surface area contributed by atoms with E-state index >= 15 is 0 Å². The zero-order valence-corrected chi connectivity index (χ0v) is 12.3. The number of nitrogens with one attached hydrogen (secondary N) is 1. The molecule has 120 valence electrons. The quantitative estimate of drug-likeness (QED) is 0.583. The highest BCUT2D eigenvalue weighted by molar-refractivity contribution is 5.87. The van der Waals surface area contributed by atoms with Crippen LogP contribution < -0.4 is 11.2 Å². The van der Waals surface area contributed by atoms with Gasteiger partial charge in [-0.05, 0) is 13.3 Å². The highest BCUT2D eigenvalue weighted by Crippen LogP contribution is 2.32. The Hall–Kier alpha value is -2.19. The summed E-state index contributed by atoms with van der Waals surface area (Å²) in [4.78, 5) is 36.6. The highest BCUT2D eigenvalue weighted by atomic mass is 16.6. The maximum Gasteiger partial charge on any atom is 0.333 e. The van der Waals surface area contributed by atoms with Gasteiger partial charge in [0.2, 0.25) is 0 Å². The predicted octanol–water partition coefficient (Wildman–Crippen LogP) is -0.307. The first-order chi connectivity index (χ1) is 10.3. The van der Waals surface area contributed by atoms with Gasteiger partial charge >= 0.3 is 11.7 Å². The minimum absolute atomic E-state index is 0.201. The van der Waals surface area contributed by atoms with Gasteiger partial charge in [0.25, 0.3) is 5.56 Å². The lowest BCUT2D eigenvalue weighted by Crippen LogP contribution is -2.39. The highest BCUT2D eigenvalue weighted by Gasteiger charge is 2.46.